The average molecular weight is 467 g/mol. The van der Waals surface area contributed by atoms with E-state index >= 15 is 0 Å². The summed E-state index contributed by atoms with van der Waals surface area (Å²) in [6.07, 6.45) is 0.485. The third-order valence-electron chi connectivity index (χ3n) is 5.70. The van der Waals surface area contributed by atoms with Gasteiger partial charge in [0.1, 0.15) is 5.82 Å². The molecule has 0 aliphatic heterocycles. The first-order chi connectivity index (χ1) is 15.9. The van der Waals surface area contributed by atoms with Crippen LogP contribution in [-0.2, 0) is 6.42 Å². The highest BCUT2D eigenvalue weighted by Crippen LogP contribution is 2.33. The third kappa shape index (κ3) is 4.52. The Morgan fingerprint density at radius 1 is 1.00 bits per heavy atom. The van der Waals surface area contributed by atoms with Gasteiger partial charge in [0.15, 0.2) is 11.5 Å². The molecule has 0 bridgehead atoms. The van der Waals surface area contributed by atoms with Crippen molar-refractivity contribution in [2.45, 2.75) is 13.3 Å². The quantitative estimate of drug-likeness (QED) is 0.355. The van der Waals surface area contributed by atoms with Gasteiger partial charge in [-0.05, 0) is 66.4 Å². The Hall–Kier alpha value is -3.51. The lowest BCUT2D eigenvalue weighted by Crippen LogP contribution is -2.25. The van der Waals surface area contributed by atoms with E-state index in [0.29, 0.717) is 46.0 Å². The van der Waals surface area contributed by atoms with E-state index in [1.807, 2.05) is 37.3 Å². The summed E-state index contributed by atoms with van der Waals surface area (Å²) in [5.41, 5.74) is 4.69. The lowest BCUT2D eigenvalue weighted by atomic mass is 10.0. The number of aromatic nitrogens is 1. The predicted molar refractivity (Wildman–Crippen MR) is 129 cm³/mol. The number of halogens is 2. The molecule has 170 valence electrons. The molecule has 0 saturated carbocycles. The fourth-order valence-electron chi connectivity index (χ4n) is 3.96. The van der Waals surface area contributed by atoms with Crippen molar-refractivity contribution in [3.63, 3.8) is 0 Å². The summed E-state index contributed by atoms with van der Waals surface area (Å²) in [5, 5.41) is 3.86. The number of ether oxygens (including phenoxy) is 2. The first-order valence-electron chi connectivity index (χ1n) is 10.5. The molecule has 3 aromatic carbocycles. The van der Waals surface area contributed by atoms with Crippen LogP contribution in [0.3, 0.4) is 0 Å². The minimum atomic E-state index is -0.328. The number of hydrogen-bond donors (Lipinski definition) is 2. The zero-order chi connectivity index (χ0) is 23.5. The van der Waals surface area contributed by atoms with E-state index in [4.69, 9.17) is 21.1 Å². The van der Waals surface area contributed by atoms with Crippen LogP contribution in [0.5, 0.6) is 11.5 Å². The molecule has 0 atom stereocenters. The number of hydrogen-bond acceptors (Lipinski definition) is 3. The van der Waals surface area contributed by atoms with E-state index in [1.165, 1.54) is 12.1 Å². The van der Waals surface area contributed by atoms with Crippen molar-refractivity contribution in [2.24, 2.45) is 0 Å². The number of benzene rings is 3. The van der Waals surface area contributed by atoms with E-state index in [2.05, 4.69) is 10.3 Å². The Balaban J connectivity index is 1.44. The van der Waals surface area contributed by atoms with Gasteiger partial charge in [0.2, 0.25) is 0 Å². The second-order valence-corrected chi connectivity index (χ2v) is 8.07. The summed E-state index contributed by atoms with van der Waals surface area (Å²) >= 11 is 6.19. The lowest BCUT2D eigenvalue weighted by molar-refractivity contribution is 0.0954. The molecule has 0 fully saturated rings. The Kier molecular flexibility index (Phi) is 6.56. The highest BCUT2D eigenvalue weighted by atomic mass is 35.5. The Morgan fingerprint density at radius 3 is 2.39 bits per heavy atom. The van der Waals surface area contributed by atoms with Gasteiger partial charge < -0.3 is 19.8 Å². The summed E-state index contributed by atoms with van der Waals surface area (Å²) in [5.74, 6) is 0.780. The van der Waals surface area contributed by atoms with Crippen molar-refractivity contribution in [1.29, 1.82) is 0 Å². The second kappa shape index (κ2) is 9.55. The summed E-state index contributed by atoms with van der Waals surface area (Å²) < 4.78 is 25.0. The molecule has 2 N–H and O–H groups in total. The highest BCUT2D eigenvalue weighted by Gasteiger charge is 2.15. The van der Waals surface area contributed by atoms with E-state index < -0.39 is 0 Å². The molecule has 7 heteroatoms. The van der Waals surface area contributed by atoms with Gasteiger partial charge in [-0.15, -0.1) is 0 Å². The lowest BCUT2D eigenvalue weighted by Gasteiger charge is -2.10. The number of rotatable bonds is 7. The number of aryl methyl sites for hydroxylation is 1. The molecule has 5 nitrogen and oxygen atoms in total. The molecule has 0 saturated heterocycles. The van der Waals surface area contributed by atoms with E-state index in [0.717, 1.165) is 22.4 Å². The van der Waals surface area contributed by atoms with Crippen LogP contribution in [-0.4, -0.2) is 31.7 Å². The zero-order valence-corrected chi connectivity index (χ0v) is 19.3. The highest BCUT2D eigenvalue weighted by molar-refractivity contribution is 6.35. The summed E-state index contributed by atoms with van der Waals surface area (Å²) in [7, 11) is 3.19. The van der Waals surface area contributed by atoms with E-state index in [9.17, 15) is 9.18 Å². The third-order valence-corrected chi connectivity index (χ3v) is 6.01. The Labute approximate surface area is 196 Å². The number of aromatic amines is 1. The summed E-state index contributed by atoms with van der Waals surface area (Å²) in [6.45, 7) is 2.25. The van der Waals surface area contributed by atoms with Crippen LogP contribution in [0.4, 0.5) is 4.39 Å². The minimum absolute atomic E-state index is 0.190. The van der Waals surface area contributed by atoms with Crippen LogP contribution in [0.1, 0.15) is 21.6 Å². The van der Waals surface area contributed by atoms with Gasteiger partial charge in [0.25, 0.3) is 5.91 Å². The Morgan fingerprint density at radius 2 is 1.70 bits per heavy atom. The standard InChI is InChI=1S/C26H24ClFN2O3/c1-15-19(24-21(28)10-9-20(27)25(24)30-15)12-13-29-26(31)17-6-4-16(5-7-17)18-8-11-22(32-2)23(14-18)33-3/h4-11,14,30H,12-13H2,1-3H3,(H,29,31). The minimum Gasteiger partial charge on any atom is -0.493 e. The van der Waals surface area contributed by atoms with Crippen LogP contribution >= 0.6 is 11.6 Å². The maximum atomic E-state index is 14.4. The molecule has 0 aliphatic rings. The van der Waals surface area contributed by atoms with E-state index in [1.54, 1.807) is 26.4 Å². The molecular formula is C26H24ClFN2O3. The molecule has 0 aliphatic carbocycles. The number of methoxy groups -OCH3 is 2. The topological polar surface area (TPSA) is 63.3 Å². The Bertz CT molecular complexity index is 1320. The largest absolute Gasteiger partial charge is 0.493 e. The monoisotopic (exact) mass is 466 g/mol. The van der Waals surface area contributed by atoms with Crippen LogP contribution in [0.25, 0.3) is 22.0 Å². The van der Waals surface area contributed by atoms with Crippen LogP contribution in [0.15, 0.2) is 54.6 Å². The average Bonchev–Trinajstić information content (AvgIpc) is 3.18. The maximum absolute atomic E-state index is 14.4. The van der Waals surface area contributed by atoms with Gasteiger partial charge in [0, 0.05) is 23.2 Å². The number of carbonyl (C=O) groups is 1. The molecule has 1 amide bonds. The molecule has 0 spiro atoms. The van der Waals surface area contributed by atoms with Gasteiger partial charge in [-0.1, -0.05) is 29.8 Å². The number of H-pyrrole nitrogens is 1. The molecule has 0 radical (unpaired) electrons. The SMILES string of the molecule is COc1ccc(-c2ccc(C(=O)NCCc3c(C)[nH]c4c(Cl)ccc(F)c34)cc2)cc1OC. The van der Waals surface area contributed by atoms with Crippen molar-refractivity contribution in [3.8, 4) is 22.6 Å². The van der Waals surface area contributed by atoms with E-state index in [-0.39, 0.29) is 11.7 Å². The number of fused-ring (bicyclic) bond motifs is 1. The van der Waals surface area contributed by atoms with Gasteiger partial charge in [0.05, 0.1) is 24.8 Å². The van der Waals surface area contributed by atoms with Crippen LogP contribution in [0.2, 0.25) is 5.02 Å². The first kappa shape index (κ1) is 22.7. The summed E-state index contributed by atoms with van der Waals surface area (Å²) in [4.78, 5) is 15.8. The smallest absolute Gasteiger partial charge is 0.251 e. The fourth-order valence-corrected chi connectivity index (χ4v) is 4.17. The van der Waals surface area contributed by atoms with Gasteiger partial charge in [-0.25, -0.2) is 4.39 Å². The molecule has 1 aromatic heterocycles. The predicted octanol–water partition coefficient (Wildman–Crippen LogP) is 5.93. The van der Waals surface area contributed by atoms with Gasteiger partial charge in [-0.2, -0.15) is 0 Å². The molecule has 4 aromatic rings. The maximum Gasteiger partial charge on any atom is 0.251 e. The molecule has 33 heavy (non-hydrogen) atoms. The molecule has 4 rings (SSSR count). The number of carbonyl (C=O) groups excluding carboxylic acids is 1. The normalized spacial score (nSPS) is 10.9. The molecule has 1 heterocycles. The zero-order valence-electron chi connectivity index (χ0n) is 18.6. The van der Waals surface area contributed by atoms with Gasteiger partial charge >= 0.3 is 0 Å². The second-order valence-electron chi connectivity index (χ2n) is 7.66. The fraction of sp³-hybridized carbons (Fsp3) is 0.192. The molecule has 0 unspecified atom stereocenters. The summed E-state index contributed by atoms with van der Waals surface area (Å²) in [6, 6.07) is 15.9. The number of amides is 1. The van der Waals surface area contributed by atoms with Crippen molar-refractivity contribution in [3.05, 3.63) is 82.3 Å². The van der Waals surface area contributed by atoms with Crippen molar-refractivity contribution >= 4 is 28.4 Å². The van der Waals surface area contributed by atoms with Crippen molar-refractivity contribution in [2.75, 3.05) is 20.8 Å². The van der Waals surface area contributed by atoms with Crippen molar-refractivity contribution < 1.29 is 18.7 Å². The first-order valence-corrected chi connectivity index (χ1v) is 10.9. The number of nitrogens with one attached hydrogen (secondary N) is 2. The van der Waals surface area contributed by atoms with Gasteiger partial charge in [-0.3, -0.25) is 4.79 Å². The van der Waals surface area contributed by atoms with Crippen molar-refractivity contribution in [1.82, 2.24) is 10.3 Å². The van der Waals surface area contributed by atoms with Crippen LogP contribution in [0, 0.1) is 12.7 Å². The van der Waals surface area contributed by atoms with Crippen LogP contribution < -0.4 is 14.8 Å². The molecular weight excluding hydrogens is 443 g/mol.